The predicted molar refractivity (Wildman–Crippen MR) is 122 cm³/mol. The lowest BCUT2D eigenvalue weighted by Crippen LogP contribution is -2.37. The zero-order chi connectivity index (χ0) is 23.6. The first-order chi connectivity index (χ1) is 15.2. The number of aromatic amines is 1. The quantitative estimate of drug-likeness (QED) is 0.574. The molecule has 1 aliphatic rings. The van der Waals surface area contributed by atoms with Crippen LogP contribution in [-0.4, -0.2) is 53.9 Å². The van der Waals surface area contributed by atoms with Crippen molar-refractivity contribution in [2.24, 2.45) is 5.73 Å². The minimum atomic E-state index is -0.945. The summed E-state index contributed by atoms with van der Waals surface area (Å²) in [6.07, 6.45) is 1.53. The molecule has 3 rings (SSSR count). The summed E-state index contributed by atoms with van der Waals surface area (Å²) in [4.78, 5) is 43.6. The van der Waals surface area contributed by atoms with E-state index in [2.05, 4.69) is 29.0 Å². The number of nitrogens with two attached hydrogens (primary N) is 1. The van der Waals surface area contributed by atoms with E-state index in [1.54, 1.807) is 13.8 Å². The molecule has 1 aliphatic heterocycles. The number of rotatable bonds is 7. The number of fused-ring (bicyclic) bond motifs is 1. The van der Waals surface area contributed by atoms with Gasteiger partial charge in [0.15, 0.2) is 0 Å². The molecular formula is C23H28FN5O3. The van der Waals surface area contributed by atoms with Gasteiger partial charge in [-0.3, -0.25) is 9.59 Å². The number of urea groups is 1. The van der Waals surface area contributed by atoms with Gasteiger partial charge in [0, 0.05) is 30.0 Å². The van der Waals surface area contributed by atoms with Gasteiger partial charge in [0.2, 0.25) is 0 Å². The highest BCUT2D eigenvalue weighted by Gasteiger charge is 2.36. The number of H-pyrrole nitrogens is 1. The van der Waals surface area contributed by atoms with E-state index in [9.17, 15) is 18.8 Å². The van der Waals surface area contributed by atoms with Crippen LogP contribution in [-0.2, 0) is 4.79 Å². The number of carbonyl (C=O) groups is 3. The fraction of sp³-hybridized carbons (Fsp3) is 0.348. The highest BCUT2D eigenvalue weighted by atomic mass is 19.1. The summed E-state index contributed by atoms with van der Waals surface area (Å²) in [5, 5.41) is 2.93. The molecule has 0 aliphatic carbocycles. The van der Waals surface area contributed by atoms with Gasteiger partial charge in [0.1, 0.15) is 5.82 Å². The summed E-state index contributed by atoms with van der Waals surface area (Å²) in [6.45, 7) is 10.8. The zero-order valence-electron chi connectivity index (χ0n) is 18.7. The number of carbonyl (C=O) groups excluding carboxylic acids is 3. The number of nitrogens with zero attached hydrogens (tertiary/aromatic N) is 2. The van der Waals surface area contributed by atoms with Crippen LogP contribution in [0.3, 0.4) is 0 Å². The van der Waals surface area contributed by atoms with Crippen molar-refractivity contribution in [3.63, 3.8) is 0 Å². The molecule has 1 aromatic heterocycles. The van der Waals surface area contributed by atoms with Gasteiger partial charge in [-0.1, -0.05) is 13.8 Å². The van der Waals surface area contributed by atoms with E-state index in [-0.39, 0.29) is 22.7 Å². The first-order valence-corrected chi connectivity index (χ1v) is 10.5. The second kappa shape index (κ2) is 9.35. The molecule has 1 aromatic carbocycles. The number of likely N-dealkylation sites (N-methyl/N-ethyl adjacent to an activating group) is 1. The first-order valence-electron chi connectivity index (χ1n) is 10.5. The fourth-order valence-corrected chi connectivity index (χ4v) is 3.98. The average molecular weight is 442 g/mol. The Labute approximate surface area is 186 Å². The molecule has 0 saturated heterocycles. The standard InChI is InChI=1S/C23H28FN5O3/c1-5-28(6-2)10-9-26-21(30)20-13(3)18(27-14(20)4)12-17-16-11-15(24)7-8-19(16)29(22(17)31)23(25)32/h7-8,11-12,27H,5-6,9-10H2,1-4H3,(H2,25,32)(H,26,30)/b17-12-. The smallest absolute Gasteiger partial charge is 0.326 e. The van der Waals surface area contributed by atoms with E-state index >= 15 is 0 Å². The molecule has 8 nitrogen and oxygen atoms in total. The number of benzene rings is 1. The molecule has 4 amide bonds. The summed E-state index contributed by atoms with van der Waals surface area (Å²) >= 11 is 0. The van der Waals surface area contributed by atoms with E-state index in [1.807, 2.05) is 0 Å². The summed E-state index contributed by atoms with van der Waals surface area (Å²) in [6, 6.07) is 2.75. The molecule has 32 heavy (non-hydrogen) atoms. The molecule has 4 N–H and O–H groups in total. The zero-order valence-corrected chi connectivity index (χ0v) is 18.7. The maximum atomic E-state index is 13.9. The number of hydrogen-bond donors (Lipinski definition) is 3. The minimum absolute atomic E-state index is 0.121. The lowest BCUT2D eigenvalue weighted by atomic mass is 10.0. The van der Waals surface area contributed by atoms with Gasteiger partial charge in [-0.15, -0.1) is 0 Å². The Balaban J connectivity index is 1.92. The Morgan fingerprint density at radius 1 is 1.25 bits per heavy atom. The van der Waals surface area contributed by atoms with E-state index in [1.165, 1.54) is 18.2 Å². The Kier molecular flexibility index (Phi) is 6.78. The van der Waals surface area contributed by atoms with Crippen molar-refractivity contribution in [3.8, 4) is 0 Å². The highest BCUT2D eigenvalue weighted by Crippen LogP contribution is 2.38. The van der Waals surface area contributed by atoms with Gasteiger partial charge >= 0.3 is 6.03 Å². The molecule has 0 spiro atoms. The van der Waals surface area contributed by atoms with Gasteiger partial charge in [-0.25, -0.2) is 14.1 Å². The molecule has 0 atom stereocenters. The number of halogens is 1. The number of hydrogen-bond acceptors (Lipinski definition) is 4. The van der Waals surface area contributed by atoms with E-state index in [0.717, 1.165) is 30.6 Å². The monoisotopic (exact) mass is 441 g/mol. The molecule has 2 heterocycles. The van der Waals surface area contributed by atoms with Gasteiger partial charge in [-0.2, -0.15) is 0 Å². The Hall–Kier alpha value is -3.46. The molecular weight excluding hydrogens is 413 g/mol. The summed E-state index contributed by atoms with van der Waals surface area (Å²) in [5.41, 5.74) is 8.30. The molecule has 0 radical (unpaired) electrons. The molecule has 0 fully saturated rings. The maximum absolute atomic E-state index is 13.9. The number of aryl methyl sites for hydroxylation is 1. The molecule has 0 unspecified atom stereocenters. The van der Waals surface area contributed by atoms with E-state index in [0.29, 0.717) is 29.1 Å². The summed E-state index contributed by atoms with van der Waals surface area (Å²) in [5.74, 6) is -1.40. The van der Waals surface area contributed by atoms with Crippen molar-refractivity contribution in [3.05, 3.63) is 52.1 Å². The molecule has 9 heteroatoms. The predicted octanol–water partition coefficient (Wildman–Crippen LogP) is 2.81. The highest BCUT2D eigenvalue weighted by molar-refractivity contribution is 6.41. The first kappa shape index (κ1) is 23.2. The number of aromatic nitrogens is 1. The van der Waals surface area contributed by atoms with Crippen LogP contribution in [0.15, 0.2) is 18.2 Å². The molecule has 0 bridgehead atoms. The Morgan fingerprint density at radius 3 is 2.56 bits per heavy atom. The Morgan fingerprint density at radius 2 is 1.94 bits per heavy atom. The third-order valence-electron chi connectivity index (χ3n) is 5.74. The fourth-order valence-electron chi connectivity index (χ4n) is 3.98. The van der Waals surface area contributed by atoms with Crippen molar-refractivity contribution < 1.29 is 18.8 Å². The molecule has 0 saturated carbocycles. The number of primary amides is 1. The third-order valence-corrected chi connectivity index (χ3v) is 5.74. The van der Waals surface area contributed by atoms with Crippen molar-refractivity contribution in [1.82, 2.24) is 15.2 Å². The molecule has 2 aromatic rings. The maximum Gasteiger partial charge on any atom is 0.326 e. The second-order valence-corrected chi connectivity index (χ2v) is 7.64. The lowest BCUT2D eigenvalue weighted by molar-refractivity contribution is -0.112. The van der Waals surface area contributed by atoms with Crippen LogP contribution in [0.4, 0.5) is 14.9 Å². The SMILES string of the molecule is CCN(CC)CCNC(=O)c1c(C)[nH]c(/C=C2\C(=O)N(C(N)=O)c3ccc(F)cc32)c1C. The molecule has 170 valence electrons. The van der Waals surface area contributed by atoms with Gasteiger partial charge in [0.05, 0.1) is 16.8 Å². The van der Waals surface area contributed by atoms with E-state index < -0.39 is 17.8 Å². The van der Waals surface area contributed by atoms with Crippen LogP contribution in [0.2, 0.25) is 0 Å². The number of amides is 4. The van der Waals surface area contributed by atoms with Crippen molar-refractivity contribution in [2.75, 3.05) is 31.1 Å². The van der Waals surface area contributed by atoms with Crippen LogP contribution in [0.25, 0.3) is 11.6 Å². The third kappa shape index (κ3) is 4.29. The normalized spacial score (nSPS) is 14.4. The number of anilines is 1. The van der Waals surface area contributed by atoms with Crippen molar-refractivity contribution in [1.29, 1.82) is 0 Å². The van der Waals surface area contributed by atoms with Crippen molar-refractivity contribution >= 4 is 35.2 Å². The number of imide groups is 1. The topological polar surface area (TPSA) is 112 Å². The number of nitrogens with one attached hydrogen (secondary N) is 2. The van der Waals surface area contributed by atoms with Crippen LogP contribution >= 0.6 is 0 Å². The summed E-state index contributed by atoms with van der Waals surface area (Å²) < 4.78 is 13.9. The van der Waals surface area contributed by atoms with Crippen LogP contribution in [0.5, 0.6) is 0 Å². The largest absolute Gasteiger partial charge is 0.358 e. The minimum Gasteiger partial charge on any atom is -0.358 e. The van der Waals surface area contributed by atoms with Crippen LogP contribution in [0, 0.1) is 19.7 Å². The van der Waals surface area contributed by atoms with Gasteiger partial charge in [0.25, 0.3) is 11.8 Å². The van der Waals surface area contributed by atoms with Gasteiger partial charge in [-0.05, 0) is 56.8 Å². The van der Waals surface area contributed by atoms with Crippen LogP contribution < -0.4 is 16.0 Å². The Bertz CT molecular complexity index is 1100. The lowest BCUT2D eigenvalue weighted by Gasteiger charge is -2.18. The summed E-state index contributed by atoms with van der Waals surface area (Å²) in [7, 11) is 0. The van der Waals surface area contributed by atoms with E-state index in [4.69, 9.17) is 5.73 Å². The second-order valence-electron chi connectivity index (χ2n) is 7.64. The average Bonchev–Trinajstić information content (AvgIpc) is 3.18. The van der Waals surface area contributed by atoms with Gasteiger partial charge < -0.3 is 20.9 Å². The van der Waals surface area contributed by atoms with Crippen LogP contribution in [0.1, 0.15) is 46.7 Å². The van der Waals surface area contributed by atoms with Crippen molar-refractivity contribution in [2.45, 2.75) is 27.7 Å².